The molecule has 1 saturated carbocycles. The van der Waals surface area contributed by atoms with Gasteiger partial charge in [0.1, 0.15) is 0 Å². The quantitative estimate of drug-likeness (QED) is 0.609. The van der Waals surface area contributed by atoms with Crippen LogP contribution in [0.2, 0.25) is 0 Å². The van der Waals surface area contributed by atoms with Gasteiger partial charge in [-0.05, 0) is 12.8 Å². The van der Waals surface area contributed by atoms with Crippen molar-refractivity contribution in [2.75, 3.05) is 13.1 Å². The molecule has 1 fully saturated rings. The van der Waals surface area contributed by atoms with Crippen LogP contribution in [0.25, 0.3) is 0 Å². The standard InChI is InChI=1S/C10H16N2O/c13-10(12-7-3-4-8-12)11-9-5-1-2-6-9/h3-4,9H,1-2,5-8H2,(H,11,13). The van der Waals surface area contributed by atoms with Gasteiger partial charge >= 0.3 is 6.03 Å². The van der Waals surface area contributed by atoms with Gasteiger partial charge in [-0.15, -0.1) is 0 Å². The van der Waals surface area contributed by atoms with Crippen LogP contribution in [0, 0.1) is 0 Å². The zero-order valence-electron chi connectivity index (χ0n) is 7.83. The molecule has 2 aliphatic rings. The summed E-state index contributed by atoms with van der Waals surface area (Å²) in [6.45, 7) is 1.55. The molecular formula is C10H16N2O. The van der Waals surface area contributed by atoms with Gasteiger partial charge in [0.05, 0.1) is 0 Å². The highest BCUT2D eigenvalue weighted by Gasteiger charge is 2.20. The van der Waals surface area contributed by atoms with Crippen molar-refractivity contribution in [3.8, 4) is 0 Å². The molecule has 0 radical (unpaired) electrons. The molecule has 72 valence electrons. The van der Waals surface area contributed by atoms with Crippen LogP contribution >= 0.6 is 0 Å². The molecule has 3 nitrogen and oxygen atoms in total. The van der Waals surface area contributed by atoms with Crippen molar-refractivity contribution in [3.63, 3.8) is 0 Å². The van der Waals surface area contributed by atoms with E-state index in [4.69, 9.17) is 0 Å². The van der Waals surface area contributed by atoms with E-state index < -0.39 is 0 Å². The number of nitrogens with one attached hydrogen (secondary N) is 1. The Balaban J connectivity index is 1.77. The summed E-state index contributed by atoms with van der Waals surface area (Å²) in [5.41, 5.74) is 0. The van der Waals surface area contributed by atoms with E-state index >= 15 is 0 Å². The minimum absolute atomic E-state index is 0.108. The van der Waals surface area contributed by atoms with Crippen LogP contribution in [0.3, 0.4) is 0 Å². The van der Waals surface area contributed by atoms with Crippen LogP contribution in [0.4, 0.5) is 4.79 Å². The first-order valence-corrected chi connectivity index (χ1v) is 5.07. The lowest BCUT2D eigenvalue weighted by Crippen LogP contribution is -2.42. The molecule has 2 amide bonds. The van der Waals surface area contributed by atoms with Crippen LogP contribution in [-0.2, 0) is 0 Å². The molecule has 0 atom stereocenters. The predicted octanol–water partition coefficient (Wildman–Crippen LogP) is 1.51. The fraction of sp³-hybridized carbons (Fsp3) is 0.700. The summed E-state index contributed by atoms with van der Waals surface area (Å²) in [5.74, 6) is 0. The molecule has 0 aromatic rings. The smallest absolute Gasteiger partial charge is 0.318 e. The Kier molecular flexibility index (Phi) is 2.52. The van der Waals surface area contributed by atoms with E-state index in [9.17, 15) is 4.79 Å². The first kappa shape index (κ1) is 8.60. The second kappa shape index (κ2) is 3.81. The SMILES string of the molecule is O=C(NC1CCCC1)N1CC=CC1. The average Bonchev–Trinajstić information content (AvgIpc) is 2.74. The molecule has 13 heavy (non-hydrogen) atoms. The summed E-state index contributed by atoms with van der Waals surface area (Å²) in [5, 5.41) is 3.07. The molecule has 1 N–H and O–H groups in total. The summed E-state index contributed by atoms with van der Waals surface area (Å²) >= 11 is 0. The van der Waals surface area contributed by atoms with Crippen LogP contribution < -0.4 is 5.32 Å². The maximum Gasteiger partial charge on any atom is 0.318 e. The Morgan fingerprint density at radius 1 is 1.23 bits per heavy atom. The molecule has 0 saturated heterocycles. The van der Waals surface area contributed by atoms with E-state index in [1.165, 1.54) is 12.8 Å². The fourth-order valence-electron chi connectivity index (χ4n) is 1.98. The molecule has 0 aromatic carbocycles. The van der Waals surface area contributed by atoms with Gasteiger partial charge in [-0.2, -0.15) is 0 Å². The van der Waals surface area contributed by atoms with Crippen LogP contribution in [-0.4, -0.2) is 30.1 Å². The van der Waals surface area contributed by atoms with Crippen LogP contribution in [0.5, 0.6) is 0 Å². The highest BCUT2D eigenvalue weighted by molar-refractivity contribution is 5.75. The number of carbonyl (C=O) groups is 1. The van der Waals surface area contributed by atoms with Gasteiger partial charge in [0, 0.05) is 19.1 Å². The van der Waals surface area contributed by atoms with Gasteiger partial charge in [0.2, 0.25) is 0 Å². The fourth-order valence-corrected chi connectivity index (χ4v) is 1.98. The number of urea groups is 1. The third-order valence-corrected chi connectivity index (χ3v) is 2.79. The Labute approximate surface area is 78.8 Å². The molecule has 0 bridgehead atoms. The van der Waals surface area contributed by atoms with Gasteiger partial charge in [0.15, 0.2) is 0 Å². The average molecular weight is 180 g/mol. The summed E-state index contributed by atoms with van der Waals surface area (Å²) in [6.07, 6.45) is 8.93. The Hall–Kier alpha value is -0.990. The molecular weight excluding hydrogens is 164 g/mol. The normalized spacial score (nSPS) is 22.6. The van der Waals surface area contributed by atoms with Crippen molar-refractivity contribution in [1.82, 2.24) is 10.2 Å². The third kappa shape index (κ3) is 2.02. The second-order valence-electron chi connectivity index (χ2n) is 3.81. The maximum absolute atomic E-state index is 11.6. The Bertz CT molecular complexity index is 211. The Morgan fingerprint density at radius 2 is 1.85 bits per heavy atom. The zero-order valence-corrected chi connectivity index (χ0v) is 7.83. The van der Waals surface area contributed by atoms with E-state index in [0.717, 1.165) is 25.9 Å². The second-order valence-corrected chi connectivity index (χ2v) is 3.81. The Morgan fingerprint density at radius 3 is 2.46 bits per heavy atom. The highest BCUT2D eigenvalue weighted by atomic mass is 16.2. The number of rotatable bonds is 1. The summed E-state index contributed by atoms with van der Waals surface area (Å²) in [6, 6.07) is 0.546. The number of carbonyl (C=O) groups excluding carboxylic acids is 1. The van der Waals surface area contributed by atoms with Gasteiger partial charge in [0.25, 0.3) is 0 Å². The van der Waals surface area contributed by atoms with Gasteiger partial charge in [-0.1, -0.05) is 25.0 Å². The largest absolute Gasteiger partial charge is 0.335 e. The zero-order chi connectivity index (χ0) is 9.10. The summed E-state index contributed by atoms with van der Waals surface area (Å²) < 4.78 is 0. The van der Waals surface area contributed by atoms with E-state index in [-0.39, 0.29) is 6.03 Å². The van der Waals surface area contributed by atoms with E-state index in [2.05, 4.69) is 5.32 Å². The molecule has 0 unspecified atom stereocenters. The van der Waals surface area contributed by atoms with E-state index in [1.807, 2.05) is 17.1 Å². The minimum Gasteiger partial charge on any atom is -0.335 e. The minimum atomic E-state index is 0.108. The molecule has 3 heteroatoms. The lowest BCUT2D eigenvalue weighted by molar-refractivity contribution is 0.206. The van der Waals surface area contributed by atoms with Crippen LogP contribution in [0.15, 0.2) is 12.2 Å². The number of amides is 2. The molecule has 2 rings (SSSR count). The first-order chi connectivity index (χ1) is 6.36. The highest BCUT2D eigenvalue weighted by Crippen LogP contribution is 2.17. The topological polar surface area (TPSA) is 32.3 Å². The molecule has 1 aliphatic carbocycles. The molecule has 0 spiro atoms. The van der Waals surface area contributed by atoms with Crippen molar-refractivity contribution in [3.05, 3.63) is 12.2 Å². The summed E-state index contributed by atoms with van der Waals surface area (Å²) in [7, 11) is 0. The maximum atomic E-state index is 11.6. The first-order valence-electron chi connectivity index (χ1n) is 5.07. The lowest BCUT2D eigenvalue weighted by Gasteiger charge is -2.19. The third-order valence-electron chi connectivity index (χ3n) is 2.79. The predicted molar refractivity (Wildman–Crippen MR) is 51.5 cm³/mol. The van der Waals surface area contributed by atoms with Crippen molar-refractivity contribution < 1.29 is 4.79 Å². The number of hydrogen-bond donors (Lipinski definition) is 1. The molecule has 0 aromatic heterocycles. The van der Waals surface area contributed by atoms with E-state index in [1.54, 1.807) is 0 Å². The molecule has 1 aliphatic heterocycles. The van der Waals surface area contributed by atoms with Crippen molar-refractivity contribution in [2.24, 2.45) is 0 Å². The monoisotopic (exact) mass is 180 g/mol. The molecule has 1 heterocycles. The number of hydrogen-bond acceptors (Lipinski definition) is 1. The van der Waals surface area contributed by atoms with Gasteiger partial charge in [-0.25, -0.2) is 4.79 Å². The number of nitrogens with zero attached hydrogens (tertiary/aromatic N) is 1. The summed E-state index contributed by atoms with van der Waals surface area (Å²) in [4.78, 5) is 13.4. The lowest BCUT2D eigenvalue weighted by atomic mass is 10.2. The van der Waals surface area contributed by atoms with Crippen molar-refractivity contribution in [2.45, 2.75) is 31.7 Å². The van der Waals surface area contributed by atoms with Crippen LogP contribution in [0.1, 0.15) is 25.7 Å². The van der Waals surface area contributed by atoms with Crippen molar-refractivity contribution in [1.29, 1.82) is 0 Å². The van der Waals surface area contributed by atoms with Gasteiger partial charge < -0.3 is 10.2 Å². The van der Waals surface area contributed by atoms with E-state index in [0.29, 0.717) is 6.04 Å². The van der Waals surface area contributed by atoms with Crippen molar-refractivity contribution >= 4 is 6.03 Å². The van der Waals surface area contributed by atoms with Gasteiger partial charge in [-0.3, -0.25) is 0 Å².